The second-order valence-corrected chi connectivity index (χ2v) is 7.09. The molecule has 0 aliphatic rings. The standard InChI is InChI=1S/C17H18N2O3S/c1-12-13(2)17(9-8-16(12)22-4)23(20,21)19(3)15-7-5-6-14(10-15)11-18/h5-10H,1-4H3. The summed E-state index contributed by atoms with van der Waals surface area (Å²) in [6, 6.07) is 11.7. The molecule has 0 aliphatic heterocycles. The first-order chi connectivity index (χ1) is 10.8. The van der Waals surface area contributed by atoms with Gasteiger partial charge in [-0.2, -0.15) is 5.26 Å². The normalized spacial score (nSPS) is 10.9. The van der Waals surface area contributed by atoms with Crippen molar-refractivity contribution in [2.45, 2.75) is 18.7 Å². The van der Waals surface area contributed by atoms with Crippen molar-refractivity contribution in [1.82, 2.24) is 0 Å². The first-order valence-electron chi connectivity index (χ1n) is 6.96. The average Bonchev–Trinajstić information content (AvgIpc) is 2.56. The van der Waals surface area contributed by atoms with Crippen LogP contribution in [0.15, 0.2) is 41.3 Å². The number of benzene rings is 2. The lowest BCUT2D eigenvalue weighted by atomic mass is 10.1. The highest BCUT2D eigenvalue weighted by Gasteiger charge is 2.25. The smallest absolute Gasteiger partial charge is 0.264 e. The highest BCUT2D eigenvalue weighted by Crippen LogP contribution is 2.30. The predicted molar refractivity (Wildman–Crippen MR) is 89.2 cm³/mol. The molecule has 0 spiro atoms. The lowest BCUT2D eigenvalue weighted by molar-refractivity contribution is 0.410. The summed E-state index contributed by atoms with van der Waals surface area (Å²) in [7, 11) is -0.699. The molecule has 0 amide bonds. The van der Waals surface area contributed by atoms with E-state index in [1.54, 1.807) is 50.4 Å². The van der Waals surface area contributed by atoms with E-state index in [-0.39, 0.29) is 4.90 Å². The maximum absolute atomic E-state index is 12.9. The Morgan fingerprint density at radius 2 is 1.83 bits per heavy atom. The van der Waals surface area contributed by atoms with E-state index in [9.17, 15) is 8.42 Å². The molecule has 6 heteroatoms. The molecule has 5 nitrogen and oxygen atoms in total. The minimum Gasteiger partial charge on any atom is -0.496 e. The number of hydrogen-bond acceptors (Lipinski definition) is 4. The van der Waals surface area contributed by atoms with Gasteiger partial charge in [0.15, 0.2) is 0 Å². The van der Waals surface area contributed by atoms with Crippen LogP contribution < -0.4 is 9.04 Å². The van der Waals surface area contributed by atoms with Gasteiger partial charge >= 0.3 is 0 Å². The topological polar surface area (TPSA) is 70.4 Å². The third-order valence-electron chi connectivity index (χ3n) is 3.89. The molecule has 0 heterocycles. The predicted octanol–water partition coefficient (Wildman–Crippen LogP) is 3.01. The van der Waals surface area contributed by atoms with Gasteiger partial charge in [0, 0.05) is 7.05 Å². The van der Waals surface area contributed by atoms with Crippen LogP contribution in [-0.2, 0) is 10.0 Å². The van der Waals surface area contributed by atoms with Gasteiger partial charge in [-0.15, -0.1) is 0 Å². The molecule has 2 rings (SSSR count). The lowest BCUT2D eigenvalue weighted by Crippen LogP contribution is -2.27. The summed E-state index contributed by atoms with van der Waals surface area (Å²) in [4.78, 5) is 0.223. The molecule has 0 bridgehead atoms. The van der Waals surface area contributed by atoms with Gasteiger partial charge < -0.3 is 4.74 Å². The second-order valence-electron chi connectivity index (χ2n) is 5.15. The molecule has 120 valence electrons. The summed E-state index contributed by atoms with van der Waals surface area (Å²) in [5.41, 5.74) is 2.28. The van der Waals surface area contributed by atoms with Crippen LogP contribution in [-0.4, -0.2) is 22.6 Å². The van der Waals surface area contributed by atoms with Gasteiger partial charge in [0.1, 0.15) is 5.75 Å². The number of nitriles is 1. The minimum atomic E-state index is -3.73. The van der Waals surface area contributed by atoms with Crippen LogP contribution in [0.3, 0.4) is 0 Å². The van der Waals surface area contributed by atoms with Crippen molar-refractivity contribution < 1.29 is 13.2 Å². The Balaban J connectivity index is 2.54. The maximum Gasteiger partial charge on any atom is 0.264 e. The van der Waals surface area contributed by atoms with Crippen molar-refractivity contribution in [2.24, 2.45) is 0 Å². The third kappa shape index (κ3) is 3.01. The molecule has 0 unspecified atom stereocenters. The van der Waals surface area contributed by atoms with Crippen LogP contribution in [0.5, 0.6) is 5.75 Å². The van der Waals surface area contributed by atoms with Gasteiger partial charge in [0.25, 0.3) is 10.0 Å². The van der Waals surface area contributed by atoms with E-state index in [0.717, 1.165) is 5.56 Å². The molecule has 0 radical (unpaired) electrons. The van der Waals surface area contributed by atoms with Crippen molar-refractivity contribution in [1.29, 1.82) is 5.26 Å². The maximum atomic E-state index is 12.9. The van der Waals surface area contributed by atoms with Gasteiger partial charge in [-0.05, 0) is 55.3 Å². The van der Waals surface area contributed by atoms with Crippen molar-refractivity contribution in [3.8, 4) is 11.8 Å². The van der Waals surface area contributed by atoms with Gasteiger partial charge in [-0.1, -0.05) is 6.07 Å². The van der Waals surface area contributed by atoms with Crippen molar-refractivity contribution in [3.05, 3.63) is 53.1 Å². The number of methoxy groups -OCH3 is 1. The lowest BCUT2D eigenvalue weighted by Gasteiger charge is -2.22. The molecule has 0 saturated carbocycles. The van der Waals surface area contributed by atoms with E-state index in [2.05, 4.69) is 0 Å². The van der Waals surface area contributed by atoms with Crippen LogP contribution in [0, 0.1) is 25.2 Å². The Morgan fingerprint density at radius 3 is 2.43 bits per heavy atom. The number of hydrogen-bond donors (Lipinski definition) is 0. The number of nitrogens with zero attached hydrogens (tertiary/aromatic N) is 2. The Bertz CT molecular complexity index is 883. The van der Waals surface area contributed by atoms with Crippen LogP contribution in [0.25, 0.3) is 0 Å². The number of anilines is 1. The largest absolute Gasteiger partial charge is 0.496 e. The average molecular weight is 330 g/mol. The second kappa shape index (κ2) is 6.31. The van der Waals surface area contributed by atoms with E-state index in [0.29, 0.717) is 22.6 Å². The van der Waals surface area contributed by atoms with Crippen LogP contribution in [0.1, 0.15) is 16.7 Å². The molecule has 0 aliphatic carbocycles. The summed E-state index contributed by atoms with van der Waals surface area (Å²) in [5, 5.41) is 8.97. The van der Waals surface area contributed by atoms with E-state index in [1.165, 1.54) is 11.4 Å². The molecular formula is C17H18N2O3S. The Morgan fingerprint density at radius 1 is 1.13 bits per heavy atom. The zero-order valence-corrected chi connectivity index (χ0v) is 14.3. The molecule has 0 atom stereocenters. The summed E-state index contributed by atoms with van der Waals surface area (Å²) in [6.07, 6.45) is 0. The first-order valence-corrected chi connectivity index (χ1v) is 8.40. The monoisotopic (exact) mass is 330 g/mol. The summed E-state index contributed by atoms with van der Waals surface area (Å²) in [5.74, 6) is 0.649. The first kappa shape index (κ1) is 16.8. The SMILES string of the molecule is COc1ccc(S(=O)(=O)N(C)c2cccc(C#N)c2)c(C)c1C. The Kier molecular flexibility index (Phi) is 4.62. The van der Waals surface area contributed by atoms with E-state index in [4.69, 9.17) is 10.00 Å². The van der Waals surface area contributed by atoms with Gasteiger partial charge in [0.2, 0.25) is 0 Å². The van der Waals surface area contributed by atoms with Crippen LogP contribution >= 0.6 is 0 Å². The quantitative estimate of drug-likeness (QED) is 0.864. The summed E-state index contributed by atoms with van der Waals surface area (Å²) < 4.78 is 32.2. The Hall–Kier alpha value is -2.52. The zero-order valence-electron chi connectivity index (χ0n) is 13.5. The zero-order chi connectivity index (χ0) is 17.2. The molecule has 0 saturated heterocycles. The van der Waals surface area contributed by atoms with Crippen LogP contribution in [0.4, 0.5) is 5.69 Å². The molecule has 2 aromatic rings. The van der Waals surface area contributed by atoms with Gasteiger partial charge in [-0.3, -0.25) is 4.31 Å². The fraction of sp³-hybridized carbons (Fsp3) is 0.235. The molecule has 0 fully saturated rings. The third-order valence-corrected chi connectivity index (χ3v) is 5.81. The highest BCUT2D eigenvalue weighted by atomic mass is 32.2. The molecular weight excluding hydrogens is 312 g/mol. The number of sulfonamides is 1. The molecule has 23 heavy (non-hydrogen) atoms. The van der Waals surface area contributed by atoms with Crippen molar-refractivity contribution in [3.63, 3.8) is 0 Å². The number of rotatable bonds is 4. The summed E-state index contributed by atoms with van der Waals surface area (Å²) >= 11 is 0. The van der Waals surface area contributed by atoms with Crippen molar-refractivity contribution in [2.75, 3.05) is 18.5 Å². The van der Waals surface area contributed by atoms with Crippen LogP contribution in [0.2, 0.25) is 0 Å². The fourth-order valence-corrected chi connectivity index (χ4v) is 3.80. The van der Waals surface area contributed by atoms with E-state index < -0.39 is 10.0 Å². The molecule has 0 aromatic heterocycles. The Labute approximate surface area is 136 Å². The number of ether oxygens (including phenoxy) is 1. The van der Waals surface area contributed by atoms with Crippen molar-refractivity contribution >= 4 is 15.7 Å². The van der Waals surface area contributed by atoms with Gasteiger partial charge in [-0.25, -0.2) is 8.42 Å². The van der Waals surface area contributed by atoms with Gasteiger partial charge in [0.05, 0.1) is 29.3 Å². The molecule has 2 aromatic carbocycles. The minimum absolute atomic E-state index is 0.223. The fourth-order valence-electron chi connectivity index (χ4n) is 2.33. The summed E-state index contributed by atoms with van der Waals surface area (Å²) in [6.45, 7) is 3.58. The van der Waals surface area contributed by atoms with E-state index in [1.807, 2.05) is 13.0 Å². The molecule has 0 N–H and O–H groups in total. The van der Waals surface area contributed by atoms with E-state index >= 15 is 0 Å². The highest BCUT2D eigenvalue weighted by molar-refractivity contribution is 7.92.